The molecule has 5 nitrogen and oxygen atoms in total. The number of aromatic nitrogens is 1. The van der Waals surface area contributed by atoms with Crippen LogP contribution in [0.1, 0.15) is 0 Å². The Balaban J connectivity index is 1.82. The van der Waals surface area contributed by atoms with E-state index >= 15 is 0 Å². The van der Waals surface area contributed by atoms with Gasteiger partial charge in [-0.25, -0.2) is 0 Å². The minimum Gasteiger partial charge on any atom is -0.389 e. The van der Waals surface area contributed by atoms with E-state index in [1.165, 1.54) is 0 Å². The van der Waals surface area contributed by atoms with Crippen molar-refractivity contribution in [1.82, 2.24) is 9.88 Å². The smallest absolute Gasteiger partial charge is 0.0900 e. The predicted molar refractivity (Wildman–Crippen MR) is 89.9 cm³/mol. The van der Waals surface area contributed by atoms with Crippen molar-refractivity contribution in [2.24, 2.45) is 0 Å². The molecule has 0 saturated carbocycles. The molecule has 0 spiro atoms. The summed E-state index contributed by atoms with van der Waals surface area (Å²) < 4.78 is 5.26. The Hall–Kier alpha value is -0.850. The van der Waals surface area contributed by atoms with Gasteiger partial charge in [0.15, 0.2) is 0 Å². The molecular formula is C15H21Cl2N3O2. The summed E-state index contributed by atoms with van der Waals surface area (Å²) in [6.45, 7) is 8.27. The largest absolute Gasteiger partial charge is 0.389 e. The van der Waals surface area contributed by atoms with Crippen molar-refractivity contribution < 1.29 is 9.84 Å². The van der Waals surface area contributed by atoms with Crippen molar-refractivity contribution >= 4 is 28.9 Å². The number of ether oxygens (including phenoxy) is 1. The lowest BCUT2D eigenvalue weighted by molar-refractivity contribution is 0.0252. The molecule has 0 amide bonds. The summed E-state index contributed by atoms with van der Waals surface area (Å²) in [5.74, 6) is 0. The minimum absolute atomic E-state index is 0.328. The van der Waals surface area contributed by atoms with E-state index in [0.29, 0.717) is 29.8 Å². The fraction of sp³-hybridized carbons (Fsp3) is 0.533. The molecule has 1 aliphatic rings. The number of β-amino-alcohol motifs (C(OH)–C–C–N with tert-alkyl or cyclic N) is 1. The van der Waals surface area contributed by atoms with Crippen molar-refractivity contribution in [3.63, 3.8) is 0 Å². The van der Waals surface area contributed by atoms with Gasteiger partial charge in [0.25, 0.3) is 0 Å². The normalized spacial score (nSPS) is 17.5. The number of anilines is 1. The summed E-state index contributed by atoms with van der Waals surface area (Å²) in [4.78, 5) is 8.34. The maximum atomic E-state index is 9.93. The van der Waals surface area contributed by atoms with E-state index in [2.05, 4.69) is 21.4 Å². The molecular weight excluding hydrogens is 325 g/mol. The highest BCUT2D eigenvalue weighted by atomic mass is 35.5. The van der Waals surface area contributed by atoms with Crippen LogP contribution in [0.2, 0.25) is 10.0 Å². The van der Waals surface area contributed by atoms with Gasteiger partial charge in [0.2, 0.25) is 0 Å². The fourth-order valence-corrected chi connectivity index (χ4v) is 3.10. The first kappa shape index (κ1) is 17.5. The molecule has 0 aromatic carbocycles. The fourth-order valence-electron chi connectivity index (χ4n) is 2.50. The molecule has 1 atom stereocenters. The van der Waals surface area contributed by atoms with Crippen molar-refractivity contribution in [3.8, 4) is 0 Å². The summed E-state index contributed by atoms with van der Waals surface area (Å²) in [6, 6.07) is 0. The zero-order chi connectivity index (χ0) is 15.9. The molecule has 0 aliphatic carbocycles. The van der Waals surface area contributed by atoms with Crippen molar-refractivity contribution in [3.05, 3.63) is 35.1 Å². The molecule has 2 rings (SSSR count). The number of pyridine rings is 1. The number of aliphatic hydroxyl groups is 1. The van der Waals surface area contributed by atoms with Crippen molar-refractivity contribution in [2.45, 2.75) is 6.10 Å². The van der Waals surface area contributed by atoms with Gasteiger partial charge in [-0.3, -0.25) is 9.88 Å². The Bertz CT molecular complexity index is 473. The van der Waals surface area contributed by atoms with Crippen LogP contribution in [0.25, 0.3) is 0 Å². The molecule has 1 fully saturated rings. The third-order valence-corrected chi connectivity index (χ3v) is 4.08. The number of hydrogen-bond acceptors (Lipinski definition) is 5. The molecule has 1 aliphatic heterocycles. The highest BCUT2D eigenvalue weighted by Crippen LogP contribution is 2.32. The number of nitrogens with zero attached hydrogens (tertiary/aromatic N) is 3. The highest BCUT2D eigenvalue weighted by Gasteiger charge is 2.22. The van der Waals surface area contributed by atoms with E-state index in [-0.39, 0.29) is 0 Å². The van der Waals surface area contributed by atoms with E-state index in [4.69, 9.17) is 27.9 Å². The van der Waals surface area contributed by atoms with Crippen LogP contribution in [0.15, 0.2) is 25.0 Å². The third-order valence-electron chi connectivity index (χ3n) is 3.53. The van der Waals surface area contributed by atoms with Gasteiger partial charge in [-0.2, -0.15) is 0 Å². The topological polar surface area (TPSA) is 48.8 Å². The quantitative estimate of drug-likeness (QED) is 0.605. The Labute approximate surface area is 141 Å². The standard InChI is InChI=1S/C15H21Cl2N3O2/c1-2-7-22-11-12(21)10-19-3-5-20(6-4-19)15-13(16)8-18-9-14(15)17/h2,8-9,12,21H,1,3-7,10-11H2. The van der Waals surface area contributed by atoms with Crippen LogP contribution >= 0.6 is 23.2 Å². The first-order valence-electron chi connectivity index (χ1n) is 7.25. The summed E-state index contributed by atoms with van der Waals surface area (Å²) in [5, 5.41) is 11.1. The van der Waals surface area contributed by atoms with Gasteiger partial charge in [-0.1, -0.05) is 29.3 Å². The zero-order valence-electron chi connectivity index (χ0n) is 12.4. The summed E-state index contributed by atoms with van der Waals surface area (Å²) in [7, 11) is 0. The molecule has 0 bridgehead atoms. The van der Waals surface area contributed by atoms with Crippen LogP contribution in [0.3, 0.4) is 0 Å². The minimum atomic E-state index is -0.486. The van der Waals surface area contributed by atoms with Gasteiger partial charge in [0, 0.05) is 45.1 Å². The maximum Gasteiger partial charge on any atom is 0.0900 e. The SMILES string of the molecule is C=CCOCC(O)CN1CCN(c2c(Cl)cncc2Cl)CC1. The van der Waals surface area contributed by atoms with Gasteiger partial charge in [-0.05, 0) is 0 Å². The number of hydrogen-bond donors (Lipinski definition) is 1. The van der Waals surface area contributed by atoms with Crippen LogP contribution in [0, 0.1) is 0 Å². The number of piperazine rings is 1. The number of aliphatic hydroxyl groups excluding tert-OH is 1. The van der Waals surface area contributed by atoms with E-state index in [0.717, 1.165) is 31.9 Å². The van der Waals surface area contributed by atoms with Gasteiger partial charge >= 0.3 is 0 Å². The lowest BCUT2D eigenvalue weighted by Crippen LogP contribution is -2.49. The second kappa shape index (κ2) is 8.70. The molecule has 1 aromatic rings. The molecule has 1 aromatic heterocycles. The van der Waals surface area contributed by atoms with Gasteiger partial charge in [0.1, 0.15) is 0 Å². The van der Waals surface area contributed by atoms with E-state index in [9.17, 15) is 5.11 Å². The lowest BCUT2D eigenvalue weighted by atomic mass is 10.2. The number of rotatable bonds is 7. The Kier molecular flexibility index (Phi) is 6.92. The molecule has 1 N–H and O–H groups in total. The second-order valence-corrected chi connectivity index (χ2v) is 6.03. The lowest BCUT2D eigenvalue weighted by Gasteiger charge is -2.37. The van der Waals surface area contributed by atoms with Gasteiger partial charge in [-0.15, -0.1) is 6.58 Å². The van der Waals surface area contributed by atoms with E-state index in [1.54, 1.807) is 18.5 Å². The van der Waals surface area contributed by atoms with Gasteiger partial charge in [0.05, 0.1) is 35.1 Å². The van der Waals surface area contributed by atoms with Crippen LogP contribution in [-0.2, 0) is 4.74 Å². The molecule has 0 radical (unpaired) electrons. The first-order chi connectivity index (χ1) is 10.6. The number of halogens is 2. The Morgan fingerprint density at radius 1 is 1.27 bits per heavy atom. The van der Waals surface area contributed by atoms with Crippen LogP contribution in [0.4, 0.5) is 5.69 Å². The molecule has 2 heterocycles. The van der Waals surface area contributed by atoms with E-state index < -0.39 is 6.10 Å². The molecule has 122 valence electrons. The summed E-state index contributed by atoms with van der Waals surface area (Å²) in [6.07, 6.45) is 4.40. The average molecular weight is 346 g/mol. The van der Waals surface area contributed by atoms with Crippen LogP contribution in [0.5, 0.6) is 0 Å². The maximum absolute atomic E-state index is 9.93. The van der Waals surface area contributed by atoms with Crippen LogP contribution < -0.4 is 4.90 Å². The summed E-state index contributed by atoms with van der Waals surface area (Å²) >= 11 is 12.4. The molecule has 1 unspecified atom stereocenters. The van der Waals surface area contributed by atoms with E-state index in [1.807, 2.05) is 0 Å². The highest BCUT2D eigenvalue weighted by molar-refractivity contribution is 6.38. The monoisotopic (exact) mass is 345 g/mol. The molecule has 7 heteroatoms. The second-order valence-electron chi connectivity index (χ2n) is 5.22. The van der Waals surface area contributed by atoms with Crippen LogP contribution in [-0.4, -0.2) is 67.0 Å². The van der Waals surface area contributed by atoms with Gasteiger partial charge < -0.3 is 14.7 Å². The molecule has 1 saturated heterocycles. The van der Waals surface area contributed by atoms with Crippen molar-refractivity contribution in [1.29, 1.82) is 0 Å². The summed E-state index contributed by atoms with van der Waals surface area (Å²) in [5.41, 5.74) is 0.841. The predicted octanol–water partition coefficient (Wildman–Crippen LogP) is 2.07. The Morgan fingerprint density at radius 2 is 1.91 bits per heavy atom. The Morgan fingerprint density at radius 3 is 2.50 bits per heavy atom. The average Bonchev–Trinajstić information content (AvgIpc) is 2.49. The zero-order valence-corrected chi connectivity index (χ0v) is 13.9. The first-order valence-corrected chi connectivity index (χ1v) is 8.00. The molecule has 22 heavy (non-hydrogen) atoms. The third kappa shape index (κ3) is 4.83. The van der Waals surface area contributed by atoms with Crippen molar-refractivity contribution in [2.75, 3.05) is 50.8 Å².